The van der Waals surface area contributed by atoms with Crippen molar-refractivity contribution < 1.29 is 17.9 Å². The van der Waals surface area contributed by atoms with Crippen LogP contribution in [0, 0.1) is 0 Å². The van der Waals surface area contributed by atoms with Gasteiger partial charge in [-0.2, -0.15) is 0 Å². The van der Waals surface area contributed by atoms with Crippen LogP contribution in [0.25, 0.3) is 33.4 Å². The Morgan fingerprint density at radius 3 is 1.09 bits per heavy atom. The van der Waals surface area contributed by atoms with Crippen molar-refractivity contribution in [2.24, 2.45) is 0 Å². The van der Waals surface area contributed by atoms with Crippen LogP contribution >= 0.6 is 0 Å². The second-order valence-electron chi connectivity index (χ2n) is 17.5. The van der Waals surface area contributed by atoms with Gasteiger partial charge in [-0.25, -0.2) is 0 Å². The van der Waals surface area contributed by atoms with Crippen LogP contribution in [0.3, 0.4) is 0 Å². The van der Waals surface area contributed by atoms with Crippen LogP contribution in [0.4, 0.5) is 30.2 Å². The van der Waals surface area contributed by atoms with Gasteiger partial charge in [0, 0.05) is 17.1 Å². The molecule has 0 atom stereocenters. The Labute approximate surface area is 393 Å². The lowest BCUT2D eigenvalue weighted by atomic mass is 9.67. The molecule has 5 heteroatoms. The monoisotopic (exact) mass is 885 g/mol. The summed E-state index contributed by atoms with van der Waals surface area (Å²) in [5, 5.41) is 0. The zero-order chi connectivity index (χ0) is 45.9. The molecule has 12 rings (SSSR count). The van der Waals surface area contributed by atoms with Crippen molar-refractivity contribution in [1.29, 1.82) is 0 Å². The summed E-state index contributed by atoms with van der Waals surface area (Å²) < 4.78 is 43.2. The molecule has 326 valence electrons. The molecule has 0 N–H and O–H groups in total. The zero-order valence-corrected chi connectivity index (χ0v) is 36.7. The van der Waals surface area contributed by atoms with Gasteiger partial charge in [0.1, 0.15) is 5.75 Å². The summed E-state index contributed by atoms with van der Waals surface area (Å²) in [7, 11) is 0. The molecule has 0 aliphatic heterocycles. The molecule has 2 aliphatic carbocycles. The molecule has 0 spiro atoms. The van der Waals surface area contributed by atoms with Crippen molar-refractivity contribution in [3.63, 3.8) is 0 Å². The zero-order valence-electron chi connectivity index (χ0n) is 36.7. The highest BCUT2D eigenvalue weighted by Crippen LogP contribution is 2.59. The van der Waals surface area contributed by atoms with E-state index >= 15 is 0 Å². The summed E-state index contributed by atoms with van der Waals surface area (Å²) >= 11 is 0. The highest BCUT2D eigenvalue weighted by atomic mass is 19.4. The molecular formula is C63H42F3NO. The molecule has 0 saturated heterocycles. The van der Waals surface area contributed by atoms with Crippen LogP contribution in [0.15, 0.2) is 255 Å². The lowest BCUT2D eigenvalue weighted by molar-refractivity contribution is -0.274. The molecule has 2 aliphatic rings. The normalized spacial score (nSPS) is 13.8. The van der Waals surface area contributed by atoms with Crippen molar-refractivity contribution >= 4 is 17.1 Å². The standard InChI is InChI=1S/C63H42F3NO/c64-63(65,66)68-52-39-30-44(31-40-52)43-28-34-49(35-29-43)67(50-36-32-48(33-37-50)61(45-16-4-1-5-17-45)57-25-13-10-22-53(57)54-23-11-14-26-58(54)61)51-38-41-56-55-24-12-15-27-59(55)62(60(56)42-51,46-18-6-2-7-19-46)47-20-8-3-9-21-47/h1-42H. The Morgan fingerprint density at radius 2 is 0.647 bits per heavy atom. The summed E-state index contributed by atoms with van der Waals surface area (Å²) in [5.41, 5.74) is 17.9. The van der Waals surface area contributed by atoms with E-state index < -0.39 is 17.2 Å². The lowest BCUT2D eigenvalue weighted by Crippen LogP contribution is -2.29. The predicted molar refractivity (Wildman–Crippen MR) is 268 cm³/mol. The Bertz CT molecular complexity index is 3360. The number of hydrogen-bond acceptors (Lipinski definition) is 2. The van der Waals surface area contributed by atoms with Gasteiger partial charge >= 0.3 is 6.36 Å². The first-order valence-corrected chi connectivity index (χ1v) is 22.8. The Morgan fingerprint density at radius 1 is 0.309 bits per heavy atom. The van der Waals surface area contributed by atoms with E-state index in [4.69, 9.17) is 0 Å². The molecule has 0 amide bonds. The number of fused-ring (bicyclic) bond motifs is 6. The van der Waals surface area contributed by atoms with Crippen LogP contribution in [0.5, 0.6) is 5.75 Å². The molecule has 0 radical (unpaired) electrons. The molecule has 10 aromatic rings. The highest BCUT2D eigenvalue weighted by Gasteiger charge is 2.47. The average Bonchev–Trinajstić information content (AvgIpc) is 3.86. The molecule has 0 heterocycles. The fourth-order valence-corrected chi connectivity index (χ4v) is 11.2. The molecule has 0 bridgehead atoms. The average molecular weight is 886 g/mol. The number of hydrogen-bond donors (Lipinski definition) is 0. The Kier molecular flexibility index (Phi) is 9.77. The maximum absolute atomic E-state index is 13.0. The molecule has 0 saturated carbocycles. The molecule has 0 aromatic heterocycles. The van der Waals surface area contributed by atoms with Crippen molar-refractivity contribution in [1.82, 2.24) is 0 Å². The van der Waals surface area contributed by atoms with Gasteiger partial charge in [0.15, 0.2) is 0 Å². The SMILES string of the molecule is FC(F)(F)Oc1ccc(-c2ccc(N(c3ccc(C4(c5ccccc5)c5ccccc5-c5ccccc54)cc3)c3ccc4c(c3)C(c3ccccc3)(c3ccccc3)c3ccccc3-4)cc2)cc1. The minimum absolute atomic E-state index is 0.257. The van der Waals surface area contributed by atoms with E-state index in [1.807, 2.05) is 12.1 Å². The van der Waals surface area contributed by atoms with Crippen molar-refractivity contribution in [3.05, 3.63) is 299 Å². The van der Waals surface area contributed by atoms with E-state index in [2.05, 4.69) is 228 Å². The number of anilines is 3. The van der Waals surface area contributed by atoms with Crippen LogP contribution in [-0.2, 0) is 10.8 Å². The van der Waals surface area contributed by atoms with E-state index in [0.29, 0.717) is 0 Å². The molecule has 68 heavy (non-hydrogen) atoms. The molecule has 10 aromatic carbocycles. The third-order valence-electron chi connectivity index (χ3n) is 14.0. The first-order valence-electron chi connectivity index (χ1n) is 22.8. The number of ether oxygens (including phenoxy) is 1. The third kappa shape index (κ3) is 6.49. The minimum Gasteiger partial charge on any atom is -0.406 e. The van der Waals surface area contributed by atoms with Crippen molar-refractivity contribution in [3.8, 4) is 39.1 Å². The minimum atomic E-state index is -4.76. The van der Waals surface area contributed by atoms with Gasteiger partial charge in [-0.3, -0.25) is 0 Å². The summed E-state index contributed by atoms with van der Waals surface area (Å²) in [5.74, 6) is -0.257. The van der Waals surface area contributed by atoms with Crippen molar-refractivity contribution in [2.45, 2.75) is 17.2 Å². The fourth-order valence-electron chi connectivity index (χ4n) is 11.2. The Balaban J connectivity index is 1.05. The number of benzene rings is 10. The number of rotatable bonds is 9. The number of alkyl halides is 3. The van der Waals surface area contributed by atoms with E-state index in [9.17, 15) is 13.2 Å². The van der Waals surface area contributed by atoms with Crippen LogP contribution in [0.1, 0.15) is 44.5 Å². The first-order chi connectivity index (χ1) is 33.3. The largest absolute Gasteiger partial charge is 0.573 e. The molecule has 2 nitrogen and oxygen atoms in total. The molecule has 0 unspecified atom stereocenters. The van der Waals surface area contributed by atoms with Gasteiger partial charge in [0.05, 0.1) is 10.8 Å². The Hall–Kier alpha value is -8.41. The lowest BCUT2D eigenvalue weighted by Gasteiger charge is -2.35. The first kappa shape index (κ1) is 41.1. The second-order valence-corrected chi connectivity index (χ2v) is 17.5. The third-order valence-corrected chi connectivity index (χ3v) is 14.0. The van der Waals surface area contributed by atoms with Gasteiger partial charge in [0.2, 0.25) is 0 Å². The van der Waals surface area contributed by atoms with Crippen LogP contribution in [-0.4, -0.2) is 6.36 Å². The van der Waals surface area contributed by atoms with Crippen LogP contribution < -0.4 is 9.64 Å². The summed E-state index contributed by atoms with van der Waals surface area (Å²) in [6.07, 6.45) is -4.76. The van der Waals surface area contributed by atoms with Gasteiger partial charge < -0.3 is 9.64 Å². The van der Waals surface area contributed by atoms with E-state index in [1.165, 1.54) is 73.3 Å². The maximum Gasteiger partial charge on any atom is 0.573 e. The number of nitrogens with zero attached hydrogens (tertiary/aromatic N) is 1. The van der Waals surface area contributed by atoms with Gasteiger partial charge in [-0.1, -0.05) is 206 Å². The van der Waals surface area contributed by atoms with Gasteiger partial charge in [-0.15, -0.1) is 13.2 Å². The van der Waals surface area contributed by atoms with E-state index in [0.717, 1.165) is 33.8 Å². The second kappa shape index (κ2) is 16.2. The number of halogens is 3. The molecule has 0 fully saturated rings. The van der Waals surface area contributed by atoms with Gasteiger partial charge in [-0.05, 0) is 126 Å². The maximum atomic E-state index is 13.0. The van der Waals surface area contributed by atoms with Gasteiger partial charge in [0.25, 0.3) is 0 Å². The van der Waals surface area contributed by atoms with Crippen LogP contribution in [0.2, 0.25) is 0 Å². The van der Waals surface area contributed by atoms with Crippen molar-refractivity contribution in [2.75, 3.05) is 4.90 Å². The quantitative estimate of drug-likeness (QED) is 0.143. The van der Waals surface area contributed by atoms with E-state index in [-0.39, 0.29) is 5.75 Å². The summed E-state index contributed by atoms with van der Waals surface area (Å²) in [6.45, 7) is 0. The summed E-state index contributed by atoms with van der Waals surface area (Å²) in [6, 6.07) is 88.9. The summed E-state index contributed by atoms with van der Waals surface area (Å²) in [4.78, 5) is 2.31. The predicted octanol–water partition coefficient (Wildman–Crippen LogP) is 16.4. The smallest absolute Gasteiger partial charge is 0.406 e. The topological polar surface area (TPSA) is 12.5 Å². The fraction of sp³-hybridized carbons (Fsp3) is 0.0476. The van der Waals surface area contributed by atoms with E-state index in [1.54, 1.807) is 12.1 Å². The molecular weight excluding hydrogens is 844 g/mol. The highest BCUT2D eigenvalue weighted by molar-refractivity contribution is 5.91.